The third kappa shape index (κ3) is 1.79. The summed E-state index contributed by atoms with van der Waals surface area (Å²) in [6.07, 6.45) is -0.323. The molecule has 1 unspecified atom stereocenters. The molecule has 1 saturated carbocycles. The van der Waals surface area contributed by atoms with Crippen LogP contribution in [0.4, 0.5) is 8.78 Å². The van der Waals surface area contributed by atoms with Gasteiger partial charge in [0.1, 0.15) is 12.2 Å². The highest BCUT2D eigenvalue weighted by Gasteiger charge is 2.52. The van der Waals surface area contributed by atoms with Crippen molar-refractivity contribution in [3.05, 3.63) is 0 Å². The van der Waals surface area contributed by atoms with Gasteiger partial charge in [0.25, 0.3) is 0 Å². The lowest BCUT2D eigenvalue weighted by molar-refractivity contribution is -0.168. The Morgan fingerprint density at radius 2 is 2.14 bits per heavy atom. The van der Waals surface area contributed by atoms with Crippen LogP contribution in [-0.4, -0.2) is 30.6 Å². The van der Waals surface area contributed by atoms with Crippen LogP contribution >= 0.6 is 0 Å². The smallest absolute Gasteiger partial charge is 0.329 e. The molecule has 0 spiro atoms. The van der Waals surface area contributed by atoms with Gasteiger partial charge in [-0.05, 0) is 25.7 Å². The Labute approximate surface area is 80.8 Å². The molecular formula is C9H13F2NO2. The summed E-state index contributed by atoms with van der Waals surface area (Å²) in [5.41, 5.74) is 0. The van der Waals surface area contributed by atoms with E-state index in [1.54, 1.807) is 0 Å². The number of nitrogens with one attached hydrogen (secondary N) is 1. The Hall–Kier alpha value is -0.550. The summed E-state index contributed by atoms with van der Waals surface area (Å²) in [6.45, 7) is 1.22. The molecule has 1 aliphatic carbocycles. The Bertz CT molecular complexity index is 253. The van der Waals surface area contributed by atoms with Crippen molar-refractivity contribution in [2.24, 2.45) is 5.92 Å². The Kier molecular flexibility index (Phi) is 2.31. The van der Waals surface area contributed by atoms with Crippen LogP contribution in [0, 0.1) is 5.92 Å². The number of hydrogen-bond acceptors (Lipinski definition) is 3. The number of halogens is 2. The van der Waals surface area contributed by atoms with Crippen molar-refractivity contribution < 1.29 is 18.3 Å². The molecule has 1 aliphatic heterocycles. The Morgan fingerprint density at radius 1 is 1.50 bits per heavy atom. The molecule has 80 valence electrons. The zero-order valence-electron chi connectivity index (χ0n) is 7.93. The number of rotatable bonds is 1. The Morgan fingerprint density at radius 3 is 2.71 bits per heavy atom. The van der Waals surface area contributed by atoms with Crippen LogP contribution in [0.3, 0.4) is 0 Å². The van der Waals surface area contributed by atoms with Crippen molar-refractivity contribution in [1.82, 2.24) is 5.32 Å². The van der Waals surface area contributed by atoms with Gasteiger partial charge >= 0.3 is 6.05 Å². The van der Waals surface area contributed by atoms with E-state index < -0.39 is 18.3 Å². The van der Waals surface area contributed by atoms with Crippen LogP contribution < -0.4 is 5.32 Å². The largest absolute Gasteiger partial charge is 0.359 e. The number of carbonyl (C=O) groups is 1. The van der Waals surface area contributed by atoms with Crippen LogP contribution in [0.1, 0.15) is 19.8 Å². The fourth-order valence-electron chi connectivity index (χ4n) is 1.64. The molecule has 1 heterocycles. The second-order valence-electron chi connectivity index (χ2n) is 3.98. The maximum atomic E-state index is 13.4. The molecule has 0 aromatic rings. The highest BCUT2D eigenvalue weighted by atomic mass is 19.3. The molecule has 1 saturated heterocycles. The summed E-state index contributed by atoms with van der Waals surface area (Å²) in [5.74, 6) is -0.404. The van der Waals surface area contributed by atoms with E-state index in [2.05, 4.69) is 0 Å². The second-order valence-corrected chi connectivity index (χ2v) is 3.98. The first-order valence-corrected chi connectivity index (χ1v) is 4.82. The fraction of sp³-hybridized carbons (Fsp3) is 0.889. The number of ether oxygens (including phenoxy) is 1. The minimum atomic E-state index is -3.07. The number of hydrogen-bond donors (Lipinski definition) is 1. The van der Waals surface area contributed by atoms with E-state index in [4.69, 9.17) is 4.74 Å². The van der Waals surface area contributed by atoms with Crippen molar-refractivity contribution in [3.63, 3.8) is 0 Å². The van der Waals surface area contributed by atoms with Crippen molar-refractivity contribution in [2.75, 3.05) is 6.54 Å². The minimum Gasteiger partial charge on any atom is -0.359 e. The maximum Gasteiger partial charge on any atom is 0.329 e. The summed E-state index contributed by atoms with van der Waals surface area (Å²) in [7, 11) is 0. The van der Waals surface area contributed by atoms with Crippen LogP contribution in [0.5, 0.6) is 0 Å². The first-order chi connectivity index (χ1) is 6.50. The molecule has 3 nitrogen and oxygen atoms in total. The average Bonchev–Trinajstić information content (AvgIpc) is 2.91. The van der Waals surface area contributed by atoms with E-state index in [-0.39, 0.29) is 18.2 Å². The van der Waals surface area contributed by atoms with Gasteiger partial charge in [-0.2, -0.15) is 8.78 Å². The van der Waals surface area contributed by atoms with Crippen LogP contribution in [0.25, 0.3) is 0 Å². The van der Waals surface area contributed by atoms with Crippen molar-refractivity contribution in [2.45, 2.75) is 38.0 Å². The summed E-state index contributed by atoms with van der Waals surface area (Å²) in [5, 5.41) is 1.96. The highest BCUT2D eigenvalue weighted by Crippen LogP contribution is 2.41. The van der Waals surface area contributed by atoms with Crippen LogP contribution in [0.15, 0.2) is 0 Å². The lowest BCUT2D eigenvalue weighted by Gasteiger charge is -2.25. The van der Waals surface area contributed by atoms with Gasteiger partial charge in [0.15, 0.2) is 5.78 Å². The average molecular weight is 205 g/mol. The number of ketones is 1. The third-order valence-electron chi connectivity index (χ3n) is 2.71. The predicted molar refractivity (Wildman–Crippen MR) is 45.0 cm³/mol. The lowest BCUT2D eigenvalue weighted by atomic mass is 10.2. The monoisotopic (exact) mass is 205 g/mol. The van der Waals surface area contributed by atoms with Gasteiger partial charge in [-0.25, -0.2) is 5.32 Å². The molecule has 0 radical (unpaired) electrons. The SMILES string of the molecule is CC1O[C@@H](C2CC2)C(F)(F)NCC1=O. The van der Waals surface area contributed by atoms with E-state index >= 15 is 0 Å². The highest BCUT2D eigenvalue weighted by molar-refractivity contribution is 5.84. The summed E-state index contributed by atoms with van der Waals surface area (Å²) in [6, 6.07) is -3.07. The molecule has 2 fully saturated rings. The molecule has 2 aliphatic rings. The van der Waals surface area contributed by atoms with Gasteiger partial charge in [0.2, 0.25) is 0 Å². The lowest BCUT2D eigenvalue weighted by Crippen LogP contribution is -2.48. The third-order valence-corrected chi connectivity index (χ3v) is 2.71. The van der Waals surface area contributed by atoms with Crippen molar-refractivity contribution in [3.8, 4) is 0 Å². The van der Waals surface area contributed by atoms with Gasteiger partial charge in [-0.3, -0.25) is 4.79 Å². The quantitative estimate of drug-likeness (QED) is 0.647. The van der Waals surface area contributed by atoms with Crippen molar-refractivity contribution >= 4 is 5.78 Å². The van der Waals surface area contributed by atoms with E-state index in [1.807, 2.05) is 5.32 Å². The van der Waals surface area contributed by atoms with Crippen LogP contribution in [0.2, 0.25) is 0 Å². The number of alkyl halides is 2. The zero-order chi connectivity index (χ0) is 10.3. The molecule has 2 rings (SSSR count). The van der Waals surface area contributed by atoms with Gasteiger partial charge in [-0.1, -0.05) is 0 Å². The maximum absolute atomic E-state index is 13.4. The van der Waals surface area contributed by atoms with E-state index in [9.17, 15) is 13.6 Å². The van der Waals surface area contributed by atoms with Gasteiger partial charge in [0, 0.05) is 0 Å². The molecule has 0 aromatic carbocycles. The normalized spacial score (nSPS) is 38.1. The number of carbonyl (C=O) groups excluding carboxylic acids is 1. The summed E-state index contributed by atoms with van der Waals surface area (Å²) in [4.78, 5) is 11.2. The first-order valence-electron chi connectivity index (χ1n) is 4.82. The van der Waals surface area contributed by atoms with Gasteiger partial charge in [0.05, 0.1) is 6.54 Å². The van der Waals surface area contributed by atoms with Crippen molar-refractivity contribution in [1.29, 1.82) is 0 Å². The summed E-state index contributed by atoms with van der Waals surface area (Å²) >= 11 is 0. The summed E-state index contributed by atoms with van der Waals surface area (Å²) < 4.78 is 31.9. The molecule has 1 N–H and O–H groups in total. The minimum absolute atomic E-state index is 0.0918. The molecule has 0 aromatic heterocycles. The van der Waals surface area contributed by atoms with Gasteiger partial charge in [-0.15, -0.1) is 0 Å². The fourth-order valence-corrected chi connectivity index (χ4v) is 1.64. The topological polar surface area (TPSA) is 38.3 Å². The molecular weight excluding hydrogens is 192 g/mol. The molecule has 5 heteroatoms. The van der Waals surface area contributed by atoms with E-state index in [0.29, 0.717) is 0 Å². The molecule has 0 amide bonds. The molecule has 0 bridgehead atoms. The second kappa shape index (κ2) is 3.24. The van der Waals surface area contributed by atoms with Crippen LogP contribution in [-0.2, 0) is 9.53 Å². The molecule has 2 atom stereocenters. The first kappa shape index (κ1) is 9.98. The van der Waals surface area contributed by atoms with E-state index in [0.717, 1.165) is 12.8 Å². The van der Waals surface area contributed by atoms with E-state index in [1.165, 1.54) is 6.92 Å². The molecule has 14 heavy (non-hydrogen) atoms. The van der Waals surface area contributed by atoms with Gasteiger partial charge < -0.3 is 4.74 Å². The Balaban J connectivity index is 2.14. The standard InChI is InChI=1S/C9H13F2NO2/c1-5-7(13)4-12-9(10,11)8(14-5)6-2-3-6/h5-6,8,12H,2-4H2,1H3/t5?,8-/m0/s1. The predicted octanol–water partition coefficient (Wildman–Crippen LogP) is 0.935. The zero-order valence-corrected chi connectivity index (χ0v) is 7.93. The number of Topliss-reactive ketones (excluding diaryl/α,β-unsaturated/α-hetero) is 1.